The van der Waals surface area contributed by atoms with Crippen LogP contribution in [0.5, 0.6) is 5.75 Å². The highest BCUT2D eigenvalue weighted by atomic mass is 16.5. The van der Waals surface area contributed by atoms with Gasteiger partial charge in [-0.1, -0.05) is 6.07 Å². The lowest BCUT2D eigenvalue weighted by molar-refractivity contribution is -0.121. The number of benzene rings is 1. The standard InChI is InChI=1S/C18H25NO3/c1-22-15-5-6-16-13(9-15)3-2-4-14(16)10-17(21)19-11-18(12-20)7-8-18/h5-6,9,14,20H,2-4,7-8,10-12H2,1H3,(H,19,21). The fraction of sp³-hybridized carbons (Fsp3) is 0.611. The molecule has 0 saturated heterocycles. The van der Waals surface area contributed by atoms with E-state index in [1.807, 2.05) is 6.07 Å². The first kappa shape index (κ1) is 15.3. The van der Waals surface area contributed by atoms with Crippen LogP contribution < -0.4 is 10.1 Å². The summed E-state index contributed by atoms with van der Waals surface area (Å²) in [5.74, 6) is 1.30. The minimum atomic E-state index is -0.0203. The van der Waals surface area contributed by atoms with Crippen LogP contribution in [0.4, 0.5) is 0 Å². The summed E-state index contributed by atoms with van der Waals surface area (Å²) in [6.07, 6.45) is 5.85. The number of amides is 1. The summed E-state index contributed by atoms with van der Waals surface area (Å²) >= 11 is 0. The molecule has 3 rings (SSSR count). The lowest BCUT2D eigenvalue weighted by Gasteiger charge is -2.26. The Morgan fingerprint density at radius 1 is 1.45 bits per heavy atom. The summed E-state index contributed by atoms with van der Waals surface area (Å²) in [4.78, 5) is 12.2. The van der Waals surface area contributed by atoms with E-state index in [0.29, 0.717) is 18.9 Å². The lowest BCUT2D eigenvalue weighted by Crippen LogP contribution is -2.33. The van der Waals surface area contributed by atoms with Crippen LogP contribution in [0.15, 0.2) is 18.2 Å². The Bertz CT molecular complexity index is 551. The van der Waals surface area contributed by atoms with Crippen molar-refractivity contribution in [2.24, 2.45) is 5.41 Å². The van der Waals surface area contributed by atoms with Crippen molar-refractivity contribution in [1.29, 1.82) is 0 Å². The van der Waals surface area contributed by atoms with Gasteiger partial charge < -0.3 is 15.2 Å². The van der Waals surface area contributed by atoms with Crippen LogP contribution in [0.2, 0.25) is 0 Å². The summed E-state index contributed by atoms with van der Waals surface area (Å²) in [6.45, 7) is 0.795. The molecule has 4 nitrogen and oxygen atoms in total. The minimum Gasteiger partial charge on any atom is -0.497 e. The number of aryl methyl sites for hydroxylation is 1. The van der Waals surface area contributed by atoms with Crippen molar-refractivity contribution in [3.63, 3.8) is 0 Å². The molecule has 0 bridgehead atoms. The highest BCUT2D eigenvalue weighted by Crippen LogP contribution is 2.44. The monoisotopic (exact) mass is 303 g/mol. The molecule has 1 fully saturated rings. The van der Waals surface area contributed by atoms with Crippen LogP contribution in [0, 0.1) is 5.41 Å². The molecule has 2 aliphatic rings. The fourth-order valence-electron chi connectivity index (χ4n) is 3.38. The number of hydrogen-bond acceptors (Lipinski definition) is 3. The lowest BCUT2D eigenvalue weighted by atomic mass is 9.81. The highest BCUT2D eigenvalue weighted by molar-refractivity contribution is 5.77. The Morgan fingerprint density at radius 2 is 2.27 bits per heavy atom. The van der Waals surface area contributed by atoms with Crippen LogP contribution in [-0.4, -0.2) is 31.3 Å². The van der Waals surface area contributed by atoms with E-state index in [2.05, 4.69) is 17.4 Å². The largest absolute Gasteiger partial charge is 0.497 e. The van der Waals surface area contributed by atoms with Crippen molar-refractivity contribution in [2.75, 3.05) is 20.3 Å². The maximum atomic E-state index is 12.2. The van der Waals surface area contributed by atoms with Gasteiger partial charge in [0.2, 0.25) is 5.91 Å². The average Bonchev–Trinajstić information content (AvgIpc) is 3.33. The number of methoxy groups -OCH3 is 1. The molecule has 2 aliphatic carbocycles. The smallest absolute Gasteiger partial charge is 0.220 e. The average molecular weight is 303 g/mol. The van der Waals surface area contributed by atoms with E-state index in [-0.39, 0.29) is 17.9 Å². The Kier molecular flexibility index (Phi) is 4.39. The van der Waals surface area contributed by atoms with Gasteiger partial charge in [0, 0.05) is 18.4 Å². The molecule has 4 heteroatoms. The molecule has 1 saturated carbocycles. The third-order valence-electron chi connectivity index (χ3n) is 5.17. The van der Waals surface area contributed by atoms with Gasteiger partial charge in [-0.15, -0.1) is 0 Å². The first-order chi connectivity index (χ1) is 10.7. The minimum absolute atomic E-state index is 0.0203. The third kappa shape index (κ3) is 3.27. The zero-order valence-electron chi connectivity index (χ0n) is 13.2. The Labute approximate surface area is 131 Å². The van der Waals surface area contributed by atoms with Crippen LogP contribution >= 0.6 is 0 Å². The van der Waals surface area contributed by atoms with Gasteiger partial charge >= 0.3 is 0 Å². The van der Waals surface area contributed by atoms with E-state index in [1.165, 1.54) is 11.1 Å². The molecule has 120 valence electrons. The second kappa shape index (κ2) is 6.29. The van der Waals surface area contributed by atoms with E-state index in [1.54, 1.807) is 7.11 Å². The first-order valence-electron chi connectivity index (χ1n) is 8.20. The number of fused-ring (bicyclic) bond motifs is 1. The maximum Gasteiger partial charge on any atom is 0.220 e. The van der Waals surface area contributed by atoms with Gasteiger partial charge in [0.05, 0.1) is 13.7 Å². The van der Waals surface area contributed by atoms with Gasteiger partial charge in [-0.05, 0) is 61.3 Å². The zero-order chi connectivity index (χ0) is 15.6. The summed E-state index contributed by atoms with van der Waals surface area (Å²) in [7, 11) is 1.68. The third-order valence-corrected chi connectivity index (χ3v) is 5.17. The summed E-state index contributed by atoms with van der Waals surface area (Å²) < 4.78 is 5.29. The number of carbonyl (C=O) groups is 1. The normalized spacial score (nSPS) is 21.8. The van der Waals surface area contributed by atoms with Gasteiger partial charge in [0.15, 0.2) is 0 Å². The topological polar surface area (TPSA) is 58.6 Å². The Hall–Kier alpha value is -1.55. The Morgan fingerprint density at radius 3 is 2.95 bits per heavy atom. The summed E-state index contributed by atoms with van der Waals surface area (Å²) in [5.41, 5.74) is 2.59. The van der Waals surface area contributed by atoms with Gasteiger partial charge in [-0.25, -0.2) is 0 Å². The second-order valence-corrected chi connectivity index (χ2v) is 6.79. The number of hydrogen-bond donors (Lipinski definition) is 2. The van der Waals surface area contributed by atoms with Gasteiger partial charge in [0.25, 0.3) is 0 Å². The molecular weight excluding hydrogens is 278 g/mol. The SMILES string of the molecule is COc1ccc2c(c1)CCCC2CC(=O)NCC1(CO)CC1. The van der Waals surface area contributed by atoms with Crippen molar-refractivity contribution in [3.8, 4) is 5.75 Å². The van der Waals surface area contributed by atoms with Crippen LogP contribution in [-0.2, 0) is 11.2 Å². The van der Waals surface area contributed by atoms with Crippen molar-refractivity contribution < 1.29 is 14.6 Å². The van der Waals surface area contributed by atoms with E-state index in [4.69, 9.17) is 4.74 Å². The number of rotatable bonds is 6. The molecule has 1 unspecified atom stereocenters. The molecule has 1 aromatic rings. The summed E-state index contributed by atoms with van der Waals surface area (Å²) in [6, 6.07) is 6.20. The highest BCUT2D eigenvalue weighted by Gasteiger charge is 2.42. The van der Waals surface area contributed by atoms with Crippen molar-refractivity contribution in [1.82, 2.24) is 5.32 Å². The molecule has 1 amide bonds. The van der Waals surface area contributed by atoms with Crippen molar-refractivity contribution in [3.05, 3.63) is 29.3 Å². The van der Waals surface area contributed by atoms with Gasteiger partial charge in [-0.2, -0.15) is 0 Å². The number of nitrogens with one attached hydrogen (secondary N) is 1. The number of ether oxygens (including phenoxy) is 1. The molecule has 0 heterocycles. The van der Waals surface area contributed by atoms with E-state index in [0.717, 1.165) is 37.9 Å². The number of carbonyl (C=O) groups excluding carboxylic acids is 1. The fourth-order valence-corrected chi connectivity index (χ4v) is 3.38. The zero-order valence-corrected chi connectivity index (χ0v) is 13.2. The summed E-state index contributed by atoms with van der Waals surface area (Å²) in [5, 5.41) is 12.3. The van der Waals surface area contributed by atoms with Crippen LogP contribution in [0.3, 0.4) is 0 Å². The molecule has 1 aromatic carbocycles. The predicted octanol–water partition coefficient (Wildman–Crippen LogP) is 2.39. The van der Waals surface area contributed by atoms with E-state index >= 15 is 0 Å². The number of aliphatic hydroxyl groups is 1. The van der Waals surface area contributed by atoms with E-state index < -0.39 is 0 Å². The number of aliphatic hydroxyl groups excluding tert-OH is 1. The Balaban J connectivity index is 1.60. The molecule has 0 aliphatic heterocycles. The predicted molar refractivity (Wildman–Crippen MR) is 85.1 cm³/mol. The quantitative estimate of drug-likeness (QED) is 0.848. The molecular formula is C18H25NO3. The molecule has 2 N–H and O–H groups in total. The van der Waals surface area contributed by atoms with Crippen LogP contribution in [0.25, 0.3) is 0 Å². The van der Waals surface area contributed by atoms with Crippen molar-refractivity contribution >= 4 is 5.91 Å². The van der Waals surface area contributed by atoms with Gasteiger partial charge in [0.1, 0.15) is 5.75 Å². The second-order valence-electron chi connectivity index (χ2n) is 6.79. The van der Waals surface area contributed by atoms with Gasteiger partial charge in [-0.3, -0.25) is 4.79 Å². The van der Waals surface area contributed by atoms with Crippen molar-refractivity contribution in [2.45, 2.75) is 44.4 Å². The van der Waals surface area contributed by atoms with Crippen LogP contribution in [0.1, 0.15) is 49.1 Å². The maximum absolute atomic E-state index is 12.2. The molecule has 0 spiro atoms. The van der Waals surface area contributed by atoms with E-state index in [9.17, 15) is 9.90 Å². The molecule has 0 aromatic heterocycles. The molecule has 1 atom stereocenters. The molecule has 22 heavy (non-hydrogen) atoms. The first-order valence-corrected chi connectivity index (χ1v) is 8.20. The molecule has 0 radical (unpaired) electrons.